The zero-order valence-electron chi connectivity index (χ0n) is 11.7. The number of carboxylic acids is 1. The summed E-state index contributed by atoms with van der Waals surface area (Å²) in [7, 11) is 0. The first kappa shape index (κ1) is 14.7. The van der Waals surface area contributed by atoms with E-state index in [0.717, 1.165) is 11.1 Å². The molecule has 1 aliphatic heterocycles. The fourth-order valence-electron chi connectivity index (χ4n) is 3.01. The summed E-state index contributed by atoms with van der Waals surface area (Å²) >= 11 is 1.36. The fraction of sp³-hybridized carbons (Fsp3) is 0.333. The summed E-state index contributed by atoms with van der Waals surface area (Å²) in [5.41, 5.74) is 8.85. The Hall–Kier alpha value is -1.75. The van der Waals surface area contributed by atoms with E-state index in [-0.39, 0.29) is 5.56 Å². The number of aromatic carboxylic acids is 1. The maximum absolute atomic E-state index is 12.0. The number of hydrogen-bond acceptors (Lipinski definition) is 3. The molecule has 20 heavy (non-hydrogen) atoms. The van der Waals surface area contributed by atoms with Gasteiger partial charge in [-0.3, -0.25) is 4.79 Å². The maximum Gasteiger partial charge on any atom is 0.336 e. The second-order valence-electron chi connectivity index (χ2n) is 5.08. The summed E-state index contributed by atoms with van der Waals surface area (Å²) in [6.07, 6.45) is 2.39. The first-order valence-electron chi connectivity index (χ1n) is 6.28. The van der Waals surface area contributed by atoms with Gasteiger partial charge in [-0.15, -0.1) is 11.8 Å². The molecule has 0 saturated carbocycles. The molecule has 1 heterocycles. The monoisotopic (exact) mass is 291 g/mol. The number of aryl methyl sites for hydroxylation is 2. The van der Waals surface area contributed by atoms with E-state index in [1.807, 2.05) is 24.5 Å². The first-order valence-corrected chi connectivity index (χ1v) is 7.16. The van der Waals surface area contributed by atoms with Crippen LogP contribution in [0.1, 0.15) is 39.0 Å². The summed E-state index contributed by atoms with van der Waals surface area (Å²) in [5.74, 6) is -1.41. The second kappa shape index (κ2) is 4.98. The highest BCUT2D eigenvalue weighted by atomic mass is 32.2. The van der Waals surface area contributed by atoms with Crippen LogP contribution in [0.25, 0.3) is 0 Å². The van der Waals surface area contributed by atoms with Gasteiger partial charge in [0.15, 0.2) is 0 Å². The van der Waals surface area contributed by atoms with Gasteiger partial charge in [0.25, 0.3) is 0 Å². The Balaban J connectivity index is 2.77. The van der Waals surface area contributed by atoms with Crippen LogP contribution in [0, 0.1) is 20.8 Å². The zero-order chi connectivity index (χ0) is 15.1. The Kier molecular flexibility index (Phi) is 3.65. The third-order valence-corrected chi connectivity index (χ3v) is 5.06. The van der Waals surface area contributed by atoms with E-state index in [1.54, 1.807) is 13.8 Å². The van der Waals surface area contributed by atoms with Crippen molar-refractivity contribution in [1.29, 1.82) is 0 Å². The van der Waals surface area contributed by atoms with Crippen molar-refractivity contribution in [1.82, 2.24) is 0 Å². The zero-order valence-corrected chi connectivity index (χ0v) is 12.5. The van der Waals surface area contributed by atoms with Crippen LogP contribution in [0.4, 0.5) is 0 Å². The molecule has 1 unspecified atom stereocenters. The van der Waals surface area contributed by atoms with Crippen LogP contribution < -0.4 is 5.73 Å². The highest BCUT2D eigenvalue weighted by Crippen LogP contribution is 2.48. The summed E-state index contributed by atoms with van der Waals surface area (Å²) < 4.78 is -0.883. The van der Waals surface area contributed by atoms with Crippen molar-refractivity contribution in [3.05, 3.63) is 45.4 Å². The van der Waals surface area contributed by atoms with Gasteiger partial charge in [0.05, 0.1) is 5.56 Å². The average molecular weight is 291 g/mol. The van der Waals surface area contributed by atoms with Crippen molar-refractivity contribution >= 4 is 23.6 Å². The Morgan fingerprint density at radius 2 is 1.95 bits per heavy atom. The minimum absolute atomic E-state index is 0.263. The van der Waals surface area contributed by atoms with E-state index in [0.29, 0.717) is 17.5 Å². The Morgan fingerprint density at radius 3 is 2.40 bits per heavy atom. The second-order valence-corrected chi connectivity index (χ2v) is 6.28. The maximum atomic E-state index is 12.0. The van der Waals surface area contributed by atoms with Gasteiger partial charge in [0.1, 0.15) is 4.75 Å². The molecule has 1 aliphatic rings. The Labute approximate surface area is 122 Å². The first-order chi connectivity index (χ1) is 9.31. The van der Waals surface area contributed by atoms with Gasteiger partial charge >= 0.3 is 5.97 Å². The van der Waals surface area contributed by atoms with Crippen LogP contribution in [0.15, 0.2) is 17.6 Å². The molecule has 0 aromatic heterocycles. The van der Waals surface area contributed by atoms with Crippen LogP contribution in [0.5, 0.6) is 0 Å². The van der Waals surface area contributed by atoms with Crippen molar-refractivity contribution in [2.75, 3.05) is 0 Å². The van der Waals surface area contributed by atoms with Gasteiger partial charge in [-0.25, -0.2) is 4.79 Å². The molecule has 0 saturated heterocycles. The smallest absolute Gasteiger partial charge is 0.336 e. The van der Waals surface area contributed by atoms with E-state index < -0.39 is 16.6 Å². The van der Waals surface area contributed by atoms with Crippen molar-refractivity contribution in [3.63, 3.8) is 0 Å². The molecule has 0 spiro atoms. The van der Waals surface area contributed by atoms with E-state index >= 15 is 0 Å². The number of rotatable bonds is 3. The lowest BCUT2D eigenvalue weighted by Crippen LogP contribution is -2.38. The van der Waals surface area contributed by atoms with Crippen molar-refractivity contribution in [2.24, 2.45) is 5.73 Å². The van der Waals surface area contributed by atoms with E-state index in [1.165, 1.54) is 11.8 Å². The van der Waals surface area contributed by atoms with Crippen molar-refractivity contribution in [2.45, 2.75) is 31.9 Å². The summed E-state index contributed by atoms with van der Waals surface area (Å²) in [6.45, 7) is 5.41. The van der Waals surface area contributed by atoms with E-state index in [9.17, 15) is 14.7 Å². The third kappa shape index (κ3) is 2.02. The molecule has 1 amide bonds. The summed E-state index contributed by atoms with van der Waals surface area (Å²) in [4.78, 5) is 23.5. The van der Waals surface area contributed by atoms with Gasteiger partial charge in [0, 0.05) is 0 Å². The molecule has 5 heteroatoms. The number of carbonyl (C=O) groups excluding carboxylic acids is 1. The standard InChI is InChI=1S/C15H17NO3S/c1-8-7-9(2)12(10(3)11(8)13(17)18)15(14(16)19)5-4-6-20-15/h4,6-7H,5H2,1-3H3,(H2,16,19)(H,17,18). The van der Waals surface area contributed by atoms with Crippen LogP contribution in [-0.4, -0.2) is 17.0 Å². The molecule has 0 aliphatic carbocycles. The minimum atomic E-state index is -0.975. The molecule has 3 N–H and O–H groups in total. The lowest BCUT2D eigenvalue weighted by Gasteiger charge is -2.29. The topological polar surface area (TPSA) is 80.4 Å². The normalized spacial score (nSPS) is 21.1. The molecule has 1 aromatic rings. The van der Waals surface area contributed by atoms with E-state index in [2.05, 4.69) is 0 Å². The highest BCUT2D eigenvalue weighted by molar-refractivity contribution is 8.04. The Bertz CT molecular complexity index is 626. The molecule has 4 nitrogen and oxygen atoms in total. The molecule has 1 atom stereocenters. The van der Waals surface area contributed by atoms with Gasteiger partial charge in [-0.1, -0.05) is 12.1 Å². The largest absolute Gasteiger partial charge is 0.478 e. The van der Waals surface area contributed by atoms with Crippen LogP contribution in [-0.2, 0) is 9.54 Å². The number of nitrogens with two attached hydrogens (primary N) is 1. The van der Waals surface area contributed by atoms with E-state index in [4.69, 9.17) is 5.73 Å². The van der Waals surface area contributed by atoms with Gasteiger partial charge < -0.3 is 10.8 Å². The van der Waals surface area contributed by atoms with Crippen LogP contribution in [0.3, 0.4) is 0 Å². The third-order valence-electron chi connectivity index (χ3n) is 3.76. The fourth-order valence-corrected chi connectivity index (χ4v) is 4.17. The average Bonchev–Trinajstić information content (AvgIpc) is 2.77. The van der Waals surface area contributed by atoms with Crippen molar-refractivity contribution < 1.29 is 14.7 Å². The summed E-state index contributed by atoms with van der Waals surface area (Å²) in [6, 6.07) is 1.81. The predicted octanol–water partition coefficient (Wildman–Crippen LogP) is 2.64. The number of benzene rings is 1. The predicted molar refractivity (Wildman–Crippen MR) is 79.8 cm³/mol. The molecule has 2 rings (SSSR count). The molecular formula is C15H17NO3S. The number of carbonyl (C=O) groups is 2. The number of hydrogen-bond donors (Lipinski definition) is 2. The number of allylic oxidation sites excluding steroid dienone is 1. The molecular weight excluding hydrogens is 274 g/mol. The SMILES string of the molecule is Cc1cc(C)c(C2(C(N)=O)CC=CS2)c(C)c1C(=O)O. The van der Waals surface area contributed by atoms with Gasteiger partial charge in [-0.2, -0.15) is 0 Å². The quantitative estimate of drug-likeness (QED) is 0.897. The highest BCUT2D eigenvalue weighted by Gasteiger charge is 2.43. The number of primary amides is 1. The number of thioether (sulfide) groups is 1. The molecule has 0 fully saturated rings. The minimum Gasteiger partial charge on any atom is -0.478 e. The molecule has 1 aromatic carbocycles. The lowest BCUT2D eigenvalue weighted by molar-refractivity contribution is -0.120. The summed E-state index contributed by atoms with van der Waals surface area (Å²) in [5, 5.41) is 11.2. The van der Waals surface area contributed by atoms with Crippen LogP contribution >= 0.6 is 11.8 Å². The van der Waals surface area contributed by atoms with Crippen LogP contribution in [0.2, 0.25) is 0 Å². The molecule has 0 bridgehead atoms. The van der Waals surface area contributed by atoms with Gasteiger partial charge in [-0.05, 0) is 54.9 Å². The van der Waals surface area contributed by atoms with Gasteiger partial charge in [0.2, 0.25) is 5.91 Å². The number of carboxylic acid groups (broad SMARTS) is 1. The Morgan fingerprint density at radius 1 is 1.30 bits per heavy atom. The number of amides is 1. The van der Waals surface area contributed by atoms with Crippen molar-refractivity contribution in [3.8, 4) is 0 Å². The molecule has 106 valence electrons. The lowest BCUT2D eigenvalue weighted by atomic mass is 9.83. The molecule has 0 radical (unpaired) electrons.